The van der Waals surface area contributed by atoms with Crippen LogP contribution in [0.2, 0.25) is 0 Å². The summed E-state index contributed by atoms with van der Waals surface area (Å²) in [4.78, 5) is 29.7. The normalized spacial score (nSPS) is 11.6. The van der Waals surface area contributed by atoms with Crippen molar-refractivity contribution in [2.45, 2.75) is 31.5 Å². The highest BCUT2D eigenvalue weighted by molar-refractivity contribution is 7.99. The molecule has 0 radical (unpaired) electrons. The van der Waals surface area contributed by atoms with Crippen LogP contribution in [-0.4, -0.2) is 26.8 Å². The Morgan fingerprint density at radius 2 is 1.81 bits per heavy atom. The zero-order chi connectivity index (χ0) is 19.6. The Kier molecular flexibility index (Phi) is 5.32. The van der Waals surface area contributed by atoms with E-state index in [0.717, 1.165) is 11.8 Å². The fourth-order valence-corrected chi connectivity index (χ4v) is 3.44. The van der Waals surface area contributed by atoms with Crippen molar-refractivity contribution in [2.75, 3.05) is 5.75 Å². The average molecular weight is 385 g/mol. The molecule has 0 aliphatic carbocycles. The molecule has 0 spiro atoms. The predicted molar refractivity (Wildman–Crippen MR) is 106 cm³/mol. The van der Waals surface area contributed by atoms with Gasteiger partial charge in [-0.1, -0.05) is 36.0 Å². The van der Waals surface area contributed by atoms with Crippen LogP contribution >= 0.6 is 11.8 Å². The maximum Gasteiger partial charge on any atom is 0.266 e. The summed E-state index contributed by atoms with van der Waals surface area (Å²) in [5.41, 5.74) is -0.114. The van der Waals surface area contributed by atoms with Gasteiger partial charge in [0.15, 0.2) is 5.16 Å². The van der Waals surface area contributed by atoms with Gasteiger partial charge in [-0.25, -0.2) is 9.37 Å². The minimum atomic E-state index is -0.530. The van der Waals surface area contributed by atoms with Crippen LogP contribution in [0.4, 0.5) is 4.39 Å². The monoisotopic (exact) mass is 385 g/mol. The Hall–Kier alpha value is -2.67. The number of para-hydroxylation sites is 2. The molecule has 27 heavy (non-hydrogen) atoms. The Morgan fingerprint density at radius 1 is 1.15 bits per heavy atom. The van der Waals surface area contributed by atoms with Crippen molar-refractivity contribution in [2.24, 2.45) is 0 Å². The topological polar surface area (TPSA) is 64.0 Å². The second-order valence-electron chi connectivity index (χ2n) is 7.09. The van der Waals surface area contributed by atoms with Crippen molar-refractivity contribution in [3.8, 4) is 5.69 Å². The summed E-state index contributed by atoms with van der Waals surface area (Å²) in [6.07, 6.45) is 0. The highest BCUT2D eigenvalue weighted by atomic mass is 32.2. The van der Waals surface area contributed by atoms with E-state index < -0.39 is 5.82 Å². The first-order valence-corrected chi connectivity index (χ1v) is 9.45. The Balaban J connectivity index is 2.08. The molecule has 2 aromatic carbocycles. The van der Waals surface area contributed by atoms with E-state index in [1.807, 2.05) is 20.8 Å². The van der Waals surface area contributed by atoms with Gasteiger partial charge in [0.2, 0.25) is 5.91 Å². The second-order valence-corrected chi connectivity index (χ2v) is 8.03. The summed E-state index contributed by atoms with van der Waals surface area (Å²) in [6, 6.07) is 12.9. The van der Waals surface area contributed by atoms with Crippen molar-refractivity contribution in [1.82, 2.24) is 14.9 Å². The van der Waals surface area contributed by atoms with E-state index in [4.69, 9.17) is 0 Å². The Morgan fingerprint density at radius 3 is 2.52 bits per heavy atom. The minimum absolute atomic E-state index is 0.0660. The molecule has 0 unspecified atom stereocenters. The van der Waals surface area contributed by atoms with Crippen LogP contribution in [0.1, 0.15) is 20.8 Å². The summed E-state index contributed by atoms with van der Waals surface area (Å²) in [6.45, 7) is 5.66. The van der Waals surface area contributed by atoms with E-state index in [9.17, 15) is 14.0 Å². The molecule has 0 saturated heterocycles. The van der Waals surface area contributed by atoms with Crippen LogP contribution in [0.15, 0.2) is 58.5 Å². The molecule has 7 heteroatoms. The predicted octanol–water partition coefficient (Wildman–Crippen LogP) is 3.53. The zero-order valence-corrected chi connectivity index (χ0v) is 16.1. The van der Waals surface area contributed by atoms with E-state index in [1.54, 1.807) is 36.4 Å². The molecule has 140 valence electrons. The summed E-state index contributed by atoms with van der Waals surface area (Å²) < 4.78 is 15.6. The van der Waals surface area contributed by atoms with E-state index in [-0.39, 0.29) is 33.6 Å². The summed E-state index contributed by atoms with van der Waals surface area (Å²) in [7, 11) is 0. The maximum absolute atomic E-state index is 14.4. The molecule has 1 aromatic heterocycles. The summed E-state index contributed by atoms with van der Waals surface area (Å²) in [5.74, 6) is -0.649. The SMILES string of the molecule is CC(C)(C)NC(=O)CSc1nc2ccccc2c(=O)n1-c1ccccc1F. The highest BCUT2D eigenvalue weighted by Gasteiger charge is 2.18. The lowest BCUT2D eigenvalue weighted by atomic mass is 10.1. The van der Waals surface area contributed by atoms with Crippen molar-refractivity contribution < 1.29 is 9.18 Å². The van der Waals surface area contributed by atoms with Crippen molar-refractivity contribution in [3.05, 3.63) is 64.7 Å². The first-order chi connectivity index (χ1) is 12.8. The number of nitrogens with one attached hydrogen (secondary N) is 1. The third-order valence-electron chi connectivity index (χ3n) is 3.69. The van der Waals surface area contributed by atoms with Crippen LogP contribution in [0.5, 0.6) is 0 Å². The van der Waals surface area contributed by atoms with Gasteiger partial charge in [0.25, 0.3) is 5.56 Å². The number of halogens is 1. The quantitative estimate of drug-likeness (QED) is 0.551. The van der Waals surface area contributed by atoms with Crippen LogP contribution in [0, 0.1) is 5.82 Å². The summed E-state index contributed by atoms with van der Waals surface area (Å²) >= 11 is 1.10. The molecular formula is C20H20FN3O2S. The van der Waals surface area contributed by atoms with Crippen LogP contribution in [-0.2, 0) is 4.79 Å². The van der Waals surface area contributed by atoms with Gasteiger partial charge in [-0.05, 0) is 45.0 Å². The van der Waals surface area contributed by atoms with Crippen LogP contribution < -0.4 is 10.9 Å². The lowest BCUT2D eigenvalue weighted by molar-refractivity contribution is -0.119. The lowest BCUT2D eigenvalue weighted by Crippen LogP contribution is -2.41. The molecule has 0 atom stereocenters. The molecule has 5 nitrogen and oxygen atoms in total. The fraction of sp³-hybridized carbons (Fsp3) is 0.250. The smallest absolute Gasteiger partial charge is 0.266 e. The molecule has 0 fully saturated rings. The van der Waals surface area contributed by atoms with Gasteiger partial charge in [-0.3, -0.25) is 14.2 Å². The Labute approximate surface area is 160 Å². The van der Waals surface area contributed by atoms with E-state index in [1.165, 1.54) is 16.7 Å². The number of hydrogen-bond acceptors (Lipinski definition) is 4. The first kappa shape index (κ1) is 19.1. The largest absolute Gasteiger partial charge is 0.351 e. The van der Waals surface area contributed by atoms with Crippen LogP contribution in [0.25, 0.3) is 16.6 Å². The van der Waals surface area contributed by atoms with E-state index in [0.29, 0.717) is 10.9 Å². The molecule has 0 bridgehead atoms. The number of thioether (sulfide) groups is 1. The molecule has 0 aliphatic rings. The molecular weight excluding hydrogens is 365 g/mol. The zero-order valence-electron chi connectivity index (χ0n) is 15.3. The van der Waals surface area contributed by atoms with E-state index >= 15 is 0 Å². The van der Waals surface area contributed by atoms with Gasteiger partial charge < -0.3 is 5.32 Å². The van der Waals surface area contributed by atoms with Crippen molar-refractivity contribution in [1.29, 1.82) is 0 Å². The number of rotatable bonds is 4. The number of hydrogen-bond donors (Lipinski definition) is 1. The Bertz CT molecular complexity index is 1060. The number of carbonyl (C=O) groups is 1. The molecule has 0 saturated carbocycles. The molecule has 0 aliphatic heterocycles. The van der Waals surface area contributed by atoms with Gasteiger partial charge in [-0.2, -0.15) is 0 Å². The van der Waals surface area contributed by atoms with Gasteiger partial charge in [0.05, 0.1) is 22.3 Å². The fourth-order valence-electron chi connectivity index (χ4n) is 2.64. The molecule has 1 heterocycles. The second kappa shape index (κ2) is 7.52. The standard InChI is InChI=1S/C20H20FN3O2S/c1-20(2,3)23-17(25)12-27-19-22-15-10-6-4-8-13(15)18(26)24(19)16-11-7-5-9-14(16)21/h4-11H,12H2,1-3H3,(H,23,25). The average Bonchev–Trinajstić information content (AvgIpc) is 2.60. The van der Waals surface area contributed by atoms with Gasteiger partial charge >= 0.3 is 0 Å². The maximum atomic E-state index is 14.4. The number of nitrogens with zero attached hydrogens (tertiary/aromatic N) is 2. The number of benzene rings is 2. The number of aromatic nitrogens is 2. The minimum Gasteiger partial charge on any atom is -0.351 e. The third kappa shape index (κ3) is 4.36. The molecule has 1 amide bonds. The lowest BCUT2D eigenvalue weighted by Gasteiger charge is -2.20. The highest BCUT2D eigenvalue weighted by Crippen LogP contribution is 2.22. The van der Waals surface area contributed by atoms with Gasteiger partial charge in [-0.15, -0.1) is 0 Å². The number of carbonyl (C=O) groups excluding carboxylic acids is 1. The van der Waals surface area contributed by atoms with Crippen molar-refractivity contribution >= 4 is 28.6 Å². The molecule has 1 N–H and O–H groups in total. The summed E-state index contributed by atoms with van der Waals surface area (Å²) in [5, 5.41) is 3.53. The number of amides is 1. The van der Waals surface area contributed by atoms with Gasteiger partial charge in [0.1, 0.15) is 5.82 Å². The van der Waals surface area contributed by atoms with Gasteiger partial charge in [0, 0.05) is 5.54 Å². The van der Waals surface area contributed by atoms with Crippen molar-refractivity contribution in [3.63, 3.8) is 0 Å². The third-order valence-corrected chi connectivity index (χ3v) is 4.62. The first-order valence-electron chi connectivity index (χ1n) is 8.47. The number of fused-ring (bicyclic) bond motifs is 1. The van der Waals surface area contributed by atoms with E-state index in [2.05, 4.69) is 10.3 Å². The molecule has 3 rings (SSSR count). The van der Waals surface area contributed by atoms with Crippen LogP contribution in [0.3, 0.4) is 0 Å². The molecule has 3 aromatic rings.